The Bertz CT molecular complexity index is 481. The van der Waals surface area contributed by atoms with Crippen molar-refractivity contribution in [1.29, 1.82) is 0 Å². The Morgan fingerprint density at radius 1 is 1.50 bits per heavy atom. The molecule has 0 radical (unpaired) electrons. The van der Waals surface area contributed by atoms with Gasteiger partial charge in [-0.15, -0.1) is 0 Å². The zero-order chi connectivity index (χ0) is 14.7. The zero-order valence-electron chi connectivity index (χ0n) is 12.6. The fraction of sp³-hybridized carbons (Fsp3) is 0.600. The van der Waals surface area contributed by atoms with Gasteiger partial charge in [-0.3, -0.25) is 9.78 Å². The van der Waals surface area contributed by atoms with E-state index >= 15 is 0 Å². The molecule has 20 heavy (non-hydrogen) atoms. The molecule has 1 amide bonds. The summed E-state index contributed by atoms with van der Waals surface area (Å²) in [6, 6.07) is 1.72. The molecule has 1 aromatic heterocycles. The van der Waals surface area contributed by atoms with Gasteiger partial charge in [-0.05, 0) is 51.9 Å². The number of carbonyl (C=O) groups excluding carboxylic acids is 1. The number of hydrogen-bond donors (Lipinski definition) is 1. The maximum atomic E-state index is 12.5. The number of nitrogen functional groups attached to an aromatic ring is 1. The molecule has 5 heteroatoms. The van der Waals surface area contributed by atoms with Crippen molar-refractivity contribution >= 4 is 11.6 Å². The van der Waals surface area contributed by atoms with Crippen LogP contribution < -0.4 is 5.73 Å². The lowest BCUT2D eigenvalue weighted by atomic mass is 9.96. The quantitative estimate of drug-likeness (QED) is 0.906. The number of aromatic nitrogens is 1. The van der Waals surface area contributed by atoms with Crippen LogP contribution in [0.25, 0.3) is 0 Å². The molecule has 2 rings (SSSR count). The van der Waals surface area contributed by atoms with E-state index in [4.69, 9.17) is 5.73 Å². The molecule has 1 aliphatic heterocycles. The minimum absolute atomic E-state index is 0.0150. The predicted octanol–water partition coefficient (Wildman–Crippen LogP) is 1.39. The summed E-state index contributed by atoms with van der Waals surface area (Å²) in [5.41, 5.74) is 7.61. The van der Waals surface area contributed by atoms with E-state index in [0.717, 1.165) is 38.2 Å². The van der Waals surface area contributed by atoms with Crippen LogP contribution in [0.3, 0.4) is 0 Å². The van der Waals surface area contributed by atoms with Crippen molar-refractivity contribution in [2.24, 2.45) is 5.92 Å². The number of amides is 1. The van der Waals surface area contributed by atoms with Crippen LogP contribution in [0.5, 0.6) is 0 Å². The van der Waals surface area contributed by atoms with Crippen molar-refractivity contribution < 1.29 is 4.79 Å². The van der Waals surface area contributed by atoms with Gasteiger partial charge in [0.05, 0.1) is 23.1 Å². The van der Waals surface area contributed by atoms with Gasteiger partial charge in [0.1, 0.15) is 0 Å². The first-order chi connectivity index (χ1) is 9.47. The summed E-state index contributed by atoms with van der Waals surface area (Å²) >= 11 is 0. The molecule has 2 N–H and O–H groups in total. The van der Waals surface area contributed by atoms with E-state index in [-0.39, 0.29) is 5.91 Å². The topological polar surface area (TPSA) is 62.5 Å². The third-order valence-corrected chi connectivity index (χ3v) is 4.06. The molecule has 1 aliphatic rings. The molecule has 0 bridgehead atoms. The van der Waals surface area contributed by atoms with Gasteiger partial charge in [0.15, 0.2) is 0 Å². The summed E-state index contributed by atoms with van der Waals surface area (Å²) in [6.07, 6.45) is 3.90. The Balaban J connectivity index is 1.99. The predicted molar refractivity (Wildman–Crippen MR) is 80.6 cm³/mol. The number of nitrogens with two attached hydrogens (primary N) is 1. The normalized spacial score (nSPS) is 17.1. The first-order valence-corrected chi connectivity index (χ1v) is 7.13. The van der Waals surface area contributed by atoms with Gasteiger partial charge < -0.3 is 15.5 Å². The van der Waals surface area contributed by atoms with Crippen LogP contribution >= 0.6 is 0 Å². The SMILES string of the molecule is Cc1ncc(N)cc1C(=O)N(C)CC1CCN(C)CC1. The highest BCUT2D eigenvalue weighted by atomic mass is 16.2. The Hall–Kier alpha value is -1.62. The lowest BCUT2D eigenvalue weighted by Gasteiger charge is -2.31. The number of pyridine rings is 1. The molecule has 110 valence electrons. The first kappa shape index (κ1) is 14.8. The van der Waals surface area contributed by atoms with Crippen LogP contribution in [0.1, 0.15) is 28.9 Å². The van der Waals surface area contributed by atoms with Gasteiger partial charge in [0, 0.05) is 13.6 Å². The number of nitrogens with zero attached hydrogens (tertiary/aromatic N) is 3. The molecular formula is C15H24N4O. The second-order valence-electron chi connectivity index (χ2n) is 5.83. The minimum atomic E-state index is 0.0150. The number of anilines is 1. The fourth-order valence-electron chi connectivity index (χ4n) is 2.69. The second-order valence-corrected chi connectivity index (χ2v) is 5.83. The Kier molecular flexibility index (Phi) is 4.60. The van der Waals surface area contributed by atoms with Crippen molar-refractivity contribution in [2.45, 2.75) is 19.8 Å². The highest BCUT2D eigenvalue weighted by Gasteiger charge is 2.22. The molecule has 0 aliphatic carbocycles. The van der Waals surface area contributed by atoms with E-state index in [9.17, 15) is 4.79 Å². The lowest BCUT2D eigenvalue weighted by molar-refractivity contribution is 0.0746. The van der Waals surface area contributed by atoms with Crippen molar-refractivity contribution in [3.63, 3.8) is 0 Å². The third-order valence-electron chi connectivity index (χ3n) is 4.06. The lowest BCUT2D eigenvalue weighted by Crippen LogP contribution is -2.38. The summed E-state index contributed by atoms with van der Waals surface area (Å²) in [7, 11) is 4.01. The van der Waals surface area contributed by atoms with Gasteiger partial charge in [-0.2, -0.15) is 0 Å². The molecular weight excluding hydrogens is 252 g/mol. The monoisotopic (exact) mass is 276 g/mol. The minimum Gasteiger partial charge on any atom is -0.397 e. The maximum Gasteiger partial charge on any atom is 0.255 e. The number of aryl methyl sites for hydroxylation is 1. The molecule has 0 aromatic carbocycles. The van der Waals surface area contributed by atoms with Gasteiger partial charge >= 0.3 is 0 Å². The summed E-state index contributed by atoms with van der Waals surface area (Å²) in [4.78, 5) is 20.8. The number of piperidine rings is 1. The van der Waals surface area contributed by atoms with E-state index in [1.807, 2.05) is 14.0 Å². The number of hydrogen-bond acceptors (Lipinski definition) is 4. The van der Waals surface area contributed by atoms with E-state index < -0.39 is 0 Å². The Morgan fingerprint density at radius 3 is 2.80 bits per heavy atom. The van der Waals surface area contributed by atoms with Crippen molar-refractivity contribution in [2.75, 3.05) is 39.5 Å². The molecule has 1 saturated heterocycles. The van der Waals surface area contributed by atoms with Crippen LogP contribution in [0.15, 0.2) is 12.3 Å². The molecule has 2 heterocycles. The standard InChI is InChI=1S/C15H24N4O/c1-11-14(8-13(16)9-17-11)15(20)19(3)10-12-4-6-18(2)7-5-12/h8-9,12H,4-7,10,16H2,1-3H3. The van der Waals surface area contributed by atoms with E-state index in [2.05, 4.69) is 16.9 Å². The number of carbonyl (C=O) groups is 1. The van der Waals surface area contributed by atoms with Gasteiger partial charge in [-0.1, -0.05) is 0 Å². The van der Waals surface area contributed by atoms with Crippen LogP contribution in [0.4, 0.5) is 5.69 Å². The van der Waals surface area contributed by atoms with Crippen LogP contribution in [0.2, 0.25) is 0 Å². The molecule has 5 nitrogen and oxygen atoms in total. The third kappa shape index (κ3) is 3.48. The van der Waals surface area contributed by atoms with Crippen LogP contribution in [-0.4, -0.2) is 54.4 Å². The average molecular weight is 276 g/mol. The summed E-state index contributed by atoms with van der Waals surface area (Å²) < 4.78 is 0. The maximum absolute atomic E-state index is 12.5. The molecule has 1 aromatic rings. The Labute approximate surface area is 120 Å². The molecule has 1 fully saturated rings. The largest absolute Gasteiger partial charge is 0.397 e. The van der Waals surface area contributed by atoms with Crippen LogP contribution in [-0.2, 0) is 0 Å². The van der Waals surface area contributed by atoms with E-state index in [1.165, 1.54) is 0 Å². The molecule has 0 saturated carbocycles. The summed E-state index contributed by atoms with van der Waals surface area (Å²) in [6.45, 7) is 4.88. The second kappa shape index (κ2) is 6.22. The molecule has 0 atom stereocenters. The van der Waals surface area contributed by atoms with E-state index in [1.54, 1.807) is 17.2 Å². The first-order valence-electron chi connectivity index (χ1n) is 7.13. The average Bonchev–Trinajstić information content (AvgIpc) is 2.43. The van der Waals surface area contributed by atoms with Gasteiger partial charge in [-0.25, -0.2) is 0 Å². The van der Waals surface area contributed by atoms with Crippen molar-refractivity contribution in [3.05, 3.63) is 23.5 Å². The highest BCUT2D eigenvalue weighted by molar-refractivity contribution is 5.95. The highest BCUT2D eigenvalue weighted by Crippen LogP contribution is 2.18. The molecule has 0 spiro atoms. The zero-order valence-corrected chi connectivity index (χ0v) is 12.6. The molecule has 0 unspecified atom stereocenters. The Morgan fingerprint density at radius 2 is 2.15 bits per heavy atom. The summed E-state index contributed by atoms with van der Waals surface area (Å²) in [5.74, 6) is 0.607. The smallest absolute Gasteiger partial charge is 0.255 e. The van der Waals surface area contributed by atoms with E-state index in [0.29, 0.717) is 17.2 Å². The van der Waals surface area contributed by atoms with Crippen molar-refractivity contribution in [1.82, 2.24) is 14.8 Å². The summed E-state index contributed by atoms with van der Waals surface area (Å²) in [5, 5.41) is 0. The number of rotatable bonds is 3. The van der Waals surface area contributed by atoms with Crippen LogP contribution in [0, 0.1) is 12.8 Å². The fourth-order valence-corrected chi connectivity index (χ4v) is 2.69. The van der Waals surface area contributed by atoms with Crippen molar-refractivity contribution in [3.8, 4) is 0 Å². The van der Waals surface area contributed by atoms with Gasteiger partial charge in [0.25, 0.3) is 5.91 Å². The number of likely N-dealkylation sites (tertiary alicyclic amines) is 1. The van der Waals surface area contributed by atoms with Gasteiger partial charge in [0.2, 0.25) is 0 Å².